The van der Waals surface area contributed by atoms with E-state index in [2.05, 4.69) is 55.2 Å². The molecule has 1 N–H and O–H groups in total. The SMILES string of the molecule is Cc1cc(/C=N\NC(=O)c2ccc(CN3CCN(c4ccccc4)CC3)cc2)c(C)n1-c1ccccc1Cl. The number of piperazine rings is 1. The van der Waals surface area contributed by atoms with Gasteiger partial charge in [-0.25, -0.2) is 5.43 Å². The topological polar surface area (TPSA) is 52.9 Å². The molecule has 38 heavy (non-hydrogen) atoms. The monoisotopic (exact) mass is 525 g/mol. The fraction of sp³-hybridized carbons (Fsp3) is 0.226. The predicted octanol–water partition coefficient (Wildman–Crippen LogP) is 5.83. The first kappa shape index (κ1) is 25.8. The van der Waals surface area contributed by atoms with Crippen molar-refractivity contribution in [2.24, 2.45) is 5.10 Å². The first-order chi connectivity index (χ1) is 18.5. The van der Waals surface area contributed by atoms with Crippen molar-refractivity contribution in [3.8, 4) is 5.69 Å². The maximum absolute atomic E-state index is 12.7. The summed E-state index contributed by atoms with van der Waals surface area (Å²) >= 11 is 6.40. The molecule has 0 bridgehead atoms. The molecule has 6 nitrogen and oxygen atoms in total. The zero-order valence-corrected chi connectivity index (χ0v) is 22.5. The molecule has 1 aliphatic rings. The molecule has 1 aromatic heterocycles. The number of halogens is 1. The maximum Gasteiger partial charge on any atom is 0.271 e. The van der Waals surface area contributed by atoms with Gasteiger partial charge in [0, 0.05) is 60.9 Å². The molecule has 0 radical (unpaired) electrons. The number of benzene rings is 3. The van der Waals surface area contributed by atoms with E-state index < -0.39 is 0 Å². The lowest BCUT2D eigenvalue weighted by molar-refractivity contribution is 0.0955. The molecule has 2 heterocycles. The minimum Gasteiger partial charge on any atom is -0.369 e. The Balaban J connectivity index is 1.15. The number of nitrogens with zero attached hydrogens (tertiary/aromatic N) is 4. The second kappa shape index (κ2) is 11.7. The van der Waals surface area contributed by atoms with E-state index in [4.69, 9.17) is 11.6 Å². The van der Waals surface area contributed by atoms with Crippen LogP contribution < -0.4 is 10.3 Å². The van der Waals surface area contributed by atoms with E-state index in [0.29, 0.717) is 10.6 Å². The zero-order chi connectivity index (χ0) is 26.5. The summed E-state index contributed by atoms with van der Waals surface area (Å²) in [4.78, 5) is 17.6. The van der Waals surface area contributed by atoms with E-state index >= 15 is 0 Å². The molecular formula is C31H32ClN5O. The number of rotatable bonds is 7. The first-order valence-corrected chi connectivity index (χ1v) is 13.3. The number of carbonyl (C=O) groups is 1. The van der Waals surface area contributed by atoms with Crippen LogP contribution in [-0.2, 0) is 6.54 Å². The fourth-order valence-electron chi connectivity index (χ4n) is 4.97. The van der Waals surface area contributed by atoms with Crippen molar-refractivity contribution in [3.05, 3.63) is 118 Å². The number of aromatic nitrogens is 1. The number of carbonyl (C=O) groups excluding carboxylic acids is 1. The van der Waals surface area contributed by atoms with Crippen LogP contribution in [0, 0.1) is 13.8 Å². The Bertz CT molecular complexity index is 1420. The highest BCUT2D eigenvalue weighted by atomic mass is 35.5. The molecule has 0 unspecified atom stereocenters. The quantitative estimate of drug-likeness (QED) is 0.244. The van der Waals surface area contributed by atoms with E-state index in [0.717, 1.165) is 55.4 Å². The van der Waals surface area contributed by atoms with Gasteiger partial charge in [-0.2, -0.15) is 5.10 Å². The van der Waals surface area contributed by atoms with Crippen LogP contribution in [0.3, 0.4) is 0 Å². The van der Waals surface area contributed by atoms with Gasteiger partial charge in [-0.1, -0.05) is 54.1 Å². The van der Waals surface area contributed by atoms with E-state index in [-0.39, 0.29) is 5.91 Å². The van der Waals surface area contributed by atoms with Gasteiger partial charge >= 0.3 is 0 Å². The second-order valence-electron chi connectivity index (χ2n) is 9.61. The fourth-order valence-corrected chi connectivity index (χ4v) is 5.19. The zero-order valence-electron chi connectivity index (χ0n) is 21.8. The van der Waals surface area contributed by atoms with E-state index in [9.17, 15) is 4.79 Å². The van der Waals surface area contributed by atoms with Crippen LogP contribution in [0.5, 0.6) is 0 Å². The summed E-state index contributed by atoms with van der Waals surface area (Å²) in [6, 6.07) is 28.1. The van der Waals surface area contributed by atoms with Crippen molar-refractivity contribution >= 4 is 29.4 Å². The Morgan fingerprint density at radius 1 is 0.921 bits per heavy atom. The van der Waals surface area contributed by atoms with Crippen LogP contribution in [-0.4, -0.2) is 47.8 Å². The van der Waals surface area contributed by atoms with E-state index in [1.807, 2.05) is 68.4 Å². The van der Waals surface area contributed by atoms with Gasteiger partial charge in [-0.3, -0.25) is 9.69 Å². The third-order valence-electron chi connectivity index (χ3n) is 7.05. The highest BCUT2D eigenvalue weighted by Gasteiger charge is 2.17. The van der Waals surface area contributed by atoms with Crippen molar-refractivity contribution in [1.29, 1.82) is 0 Å². The highest BCUT2D eigenvalue weighted by Crippen LogP contribution is 2.25. The summed E-state index contributed by atoms with van der Waals surface area (Å²) in [6.45, 7) is 8.99. The van der Waals surface area contributed by atoms with Gasteiger partial charge in [-0.15, -0.1) is 0 Å². The standard InChI is InChI=1S/C31H32ClN5O/c1-23-20-27(24(2)37(23)30-11-7-6-10-29(30)32)21-33-34-31(38)26-14-12-25(13-15-26)22-35-16-18-36(19-17-35)28-8-4-3-5-9-28/h3-15,20-21H,16-19,22H2,1-2H3,(H,34,38)/b33-21-. The molecule has 3 aromatic carbocycles. The Morgan fingerprint density at radius 3 is 2.32 bits per heavy atom. The highest BCUT2D eigenvalue weighted by molar-refractivity contribution is 6.32. The summed E-state index contributed by atoms with van der Waals surface area (Å²) in [7, 11) is 0. The summed E-state index contributed by atoms with van der Waals surface area (Å²) < 4.78 is 2.09. The Morgan fingerprint density at radius 2 is 1.61 bits per heavy atom. The molecule has 194 valence electrons. The van der Waals surface area contributed by atoms with Crippen molar-refractivity contribution in [1.82, 2.24) is 14.9 Å². The Labute approximate surface area is 229 Å². The molecule has 0 aliphatic carbocycles. The van der Waals surface area contributed by atoms with Crippen molar-refractivity contribution in [2.45, 2.75) is 20.4 Å². The third kappa shape index (κ3) is 5.82. The van der Waals surface area contributed by atoms with Gasteiger partial charge in [0.25, 0.3) is 5.91 Å². The average molecular weight is 526 g/mol. The first-order valence-electron chi connectivity index (χ1n) is 12.9. The van der Waals surface area contributed by atoms with Gasteiger partial charge < -0.3 is 9.47 Å². The number of anilines is 1. The second-order valence-corrected chi connectivity index (χ2v) is 10.0. The predicted molar refractivity (Wildman–Crippen MR) is 156 cm³/mol. The number of aryl methyl sites for hydroxylation is 1. The van der Waals surface area contributed by atoms with Gasteiger partial charge in [0.1, 0.15) is 0 Å². The molecule has 1 fully saturated rings. The summed E-state index contributed by atoms with van der Waals surface area (Å²) in [5.74, 6) is -0.232. The number of hydrogen-bond donors (Lipinski definition) is 1. The summed E-state index contributed by atoms with van der Waals surface area (Å²) in [5, 5.41) is 4.90. The number of amides is 1. The molecule has 1 amide bonds. The smallest absolute Gasteiger partial charge is 0.271 e. The maximum atomic E-state index is 12.7. The molecule has 1 aliphatic heterocycles. The van der Waals surface area contributed by atoms with E-state index in [1.54, 1.807) is 6.21 Å². The number of nitrogens with one attached hydrogen (secondary N) is 1. The molecule has 0 atom stereocenters. The third-order valence-corrected chi connectivity index (χ3v) is 7.37. The minimum atomic E-state index is -0.232. The van der Waals surface area contributed by atoms with Crippen LogP contribution in [0.2, 0.25) is 5.02 Å². The number of para-hydroxylation sites is 2. The van der Waals surface area contributed by atoms with Crippen LogP contribution in [0.15, 0.2) is 90.0 Å². The molecule has 1 saturated heterocycles. The van der Waals surface area contributed by atoms with Crippen molar-refractivity contribution < 1.29 is 4.79 Å². The van der Waals surface area contributed by atoms with Gasteiger partial charge in [0.15, 0.2) is 0 Å². The Hall–Kier alpha value is -3.87. The molecule has 7 heteroatoms. The van der Waals surface area contributed by atoms with Crippen molar-refractivity contribution in [2.75, 3.05) is 31.1 Å². The molecule has 0 saturated carbocycles. The number of hydrazone groups is 1. The summed E-state index contributed by atoms with van der Waals surface area (Å²) in [5.41, 5.74) is 9.61. The average Bonchev–Trinajstić information content (AvgIpc) is 3.22. The van der Waals surface area contributed by atoms with Gasteiger partial charge in [-0.05, 0) is 61.9 Å². The lowest BCUT2D eigenvalue weighted by Gasteiger charge is -2.36. The van der Waals surface area contributed by atoms with Crippen molar-refractivity contribution in [3.63, 3.8) is 0 Å². The lowest BCUT2D eigenvalue weighted by Crippen LogP contribution is -2.45. The molecular weight excluding hydrogens is 494 g/mol. The van der Waals surface area contributed by atoms with Crippen LogP contribution in [0.4, 0.5) is 5.69 Å². The van der Waals surface area contributed by atoms with Crippen LogP contribution >= 0.6 is 11.6 Å². The molecule has 0 spiro atoms. The summed E-state index contributed by atoms with van der Waals surface area (Å²) in [6.07, 6.45) is 1.68. The molecule has 4 aromatic rings. The van der Waals surface area contributed by atoms with Crippen LogP contribution in [0.1, 0.15) is 32.9 Å². The van der Waals surface area contributed by atoms with Crippen LogP contribution in [0.25, 0.3) is 5.69 Å². The number of hydrogen-bond acceptors (Lipinski definition) is 4. The van der Waals surface area contributed by atoms with E-state index in [1.165, 1.54) is 11.3 Å². The van der Waals surface area contributed by atoms with Gasteiger partial charge in [0.2, 0.25) is 0 Å². The Kier molecular flexibility index (Phi) is 7.91. The largest absolute Gasteiger partial charge is 0.369 e. The normalized spacial score (nSPS) is 14.2. The van der Waals surface area contributed by atoms with Gasteiger partial charge in [0.05, 0.1) is 16.9 Å². The lowest BCUT2D eigenvalue weighted by atomic mass is 10.1. The molecule has 5 rings (SSSR count). The minimum absolute atomic E-state index is 0.232.